The van der Waals surface area contributed by atoms with Gasteiger partial charge in [0.05, 0.1) is 5.02 Å². The van der Waals surface area contributed by atoms with Crippen LogP contribution in [0.3, 0.4) is 0 Å². The molecule has 0 spiro atoms. The van der Waals surface area contributed by atoms with Gasteiger partial charge in [-0.3, -0.25) is 4.79 Å². The Hall–Kier alpha value is -0.430. The summed E-state index contributed by atoms with van der Waals surface area (Å²) in [5.41, 5.74) is 0. The van der Waals surface area contributed by atoms with E-state index in [2.05, 4.69) is 15.9 Å². The first-order valence-corrected chi connectivity index (χ1v) is 8.95. The monoisotopic (exact) mass is 379 g/mol. The van der Waals surface area contributed by atoms with Gasteiger partial charge in [-0.05, 0) is 24.6 Å². The minimum atomic E-state index is -3.65. The van der Waals surface area contributed by atoms with E-state index in [0.29, 0.717) is 6.42 Å². The van der Waals surface area contributed by atoms with E-state index >= 15 is 0 Å². The fraction of sp³-hybridized carbons (Fsp3) is 0.462. The van der Waals surface area contributed by atoms with E-state index in [-0.39, 0.29) is 41.1 Å². The minimum absolute atomic E-state index is 0.0894. The summed E-state index contributed by atoms with van der Waals surface area (Å²) in [5, 5.41) is 0.185. The van der Waals surface area contributed by atoms with Crippen LogP contribution in [0.25, 0.3) is 0 Å². The molecule has 110 valence electrons. The number of piperidine rings is 1. The van der Waals surface area contributed by atoms with Crippen molar-refractivity contribution in [3.8, 4) is 0 Å². The molecule has 1 aliphatic rings. The minimum Gasteiger partial charge on any atom is -0.299 e. The molecule has 7 heteroatoms. The highest BCUT2D eigenvalue weighted by Gasteiger charge is 2.34. The van der Waals surface area contributed by atoms with Gasteiger partial charge < -0.3 is 0 Å². The molecule has 1 saturated heterocycles. The highest BCUT2D eigenvalue weighted by molar-refractivity contribution is 9.10. The van der Waals surface area contributed by atoms with E-state index in [1.54, 1.807) is 12.1 Å². The van der Waals surface area contributed by atoms with Gasteiger partial charge in [-0.25, -0.2) is 8.42 Å². The Morgan fingerprint density at radius 3 is 2.75 bits per heavy atom. The summed E-state index contributed by atoms with van der Waals surface area (Å²) in [6.07, 6.45) is 0.921. The zero-order chi connectivity index (χ0) is 14.9. The largest absolute Gasteiger partial charge is 0.299 e. The average molecular weight is 381 g/mol. The molecule has 1 aliphatic heterocycles. The number of benzene rings is 1. The molecule has 0 aliphatic carbocycles. The molecule has 1 aromatic rings. The molecule has 0 aromatic heterocycles. The van der Waals surface area contributed by atoms with E-state index in [9.17, 15) is 13.2 Å². The molecule has 0 N–H and O–H groups in total. The second-order valence-corrected chi connectivity index (χ2v) is 7.99. The fourth-order valence-electron chi connectivity index (χ4n) is 2.28. The fourth-order valence-corrected chi connectivity index (χ4v) is 4.77. The lowest BCUT2D eigenvalue weighted by Gasteiger charge is -2.30. The van der Waals surface area contributed by atoms with Crippen LogP contribution in [0.5, 0.6) is 0 Å². The van der Waals surface area contributed by atoms with Crippen LogP contribution in [0.1, 0.15) is 19.8 Å². The topological polar surface area (TPSA) is 54.5 Å². The van der Waals surface area contributed by atoms with Crippen molar-refractivity contribution in [1.82, 2.24) is 4.31 Å². The summed E-state index contributed by atoms with van der Waals surface area (Å²) in [7, 11) is -3.65. The Morgan fingerprint density at radius 1 is 1.45 bits per heavy atom. The van der Waals surface area contributed by atoms with Gasteiger partial charge >= 0.3 is 0 Å². The van der Waals surface area contributed by atoms with Crippen LogP contribution in [0.2, 0.25) is 5.02 Å². The second kappa shape index (κ2) is 6.13. The lowest BCUT2D eigenvalue weighted by Crippen LogP contribution is -2.43. The summed E-state index contributed by atoms with van der Waals surface area (Å²) < 4.78 is 27.3. The zero-order valence-corrected chi connectivity index (χ0v) is 14.1. The average Bonchev–Trinajstić information content (AvgIpc) is 2.38. The van der Waals surface area contributed by atoms with Crippen molar-refractivity contribution in [2.75, 3.05) is 13.1 Å². The molecule has 4 nitrogen and oxygen atoms in total. The van der Waals surface area contributed by atoms with E-state index in [1.165, 1.54) is 10.4 Å². The van der Waals surface area contributed by atoms with Crippen LogP contribution in [-0.2, 0) is 14.8 Å². The van der Waals surface area contributed by atoms with Gasteiger partial charge in [0.1, 0.15) is 10.7 Å². The molecular weight excluding hydrogens is 366 g/mol. The van der Waals surface area contributed by atoms with Gasteiger partial charge in [-0.15, -0.1) is 0 Å². The first-order valence-electron chi connectivity index (χ1n) is 6.34. The maximum absolute atomic E-state index is 12.6. The maximum atomic E-state index is 12.6. The number of sulfonamides is 1. The third kappa shape index (κ3) is 3.08. The number of carbonyl (C=O) groups excluding carboxylic acids is 1. The summed E-state index contributed by atoms with van der Waals surface area (Å²) in [6, 6.07) is 4.69. The van der Waals surface area contributed by atoms with Crippen LogP contribution in [0.4, 0.5) is 0 Å². The summed E-state index contributed by atoms with van der Waals surface area (Å²) >= 11 is 9.28. The van der Waals surface area contributed by atoms with Crippen LogP contribution in [0, 0.1) is 5.92 Å². The van der Waals surface area contributed by atoms with E-state index < -0.39 is 10.0 Å². The number of rotatable bonds is 3. The van der Waals surface area contributed by atoms with Crippen molar-refractivity contribution in [3.05, 3.63) is 27.7 Å². The lowest BCUT2D eigenvalue weighted by atomic mass is 9.96. The number of nitrogens with zero attached hydrogens (tertiary/aromatic N) is 1. The van der Waals surface area contributed by atoms with Crippen LogP contribution in [-0.4, -0.2) is 31.6 Å². The van der Waals surface area contributed by atoms with Crippen molar-refractivity contribution in [2.24, 2.45) is 5.92 Å². The molecule has 0 radical (unpaired) electrons. The van der Waals surface area contributed by atoms with E-state index in [1.807, 2.05) is 6.92 Å². The Bertz CT molecular complexity index is 633. The first kappa shape index (κ1) is 15.9. The number of carbonyl (C=O) groups is 1. The Morgan fingerprint density at radius 2 is 2.15 bits per heavy atom. The standard InChI is InChI=1S/C13H15BrClNO3S/c1-2-9-8-16(6-5-12(9)17)20(18,19)13-4-3-10(14)7-11(13)15/h3-4,7,9H,2,5-6,8H2,1H3. The quantitative estimate of drug-likeness (QED) is 0.809. The smallest absolute Gasteiger partial charge is 0.244 e. The van der Waals surface area contributed by atoms with Crippen LogP contribution in [0.15, 0.2) is 27.6 Å². The van der Waals surface area contributed by atoms with E-state index in [4.69, 9.17) is 11.6 Å². The second-order valence-electron chi connectivity index (χ2n) is 4.76. The number of halogens is 2. The highest BCUT2D eigenvalue weighted by Crippen LogP contribution is 2.30. The van der Waals surface area contributed by atoms with Gasteiger partial charge in [0, 0.05) is 29.9 Å². The highest BCUT2D eigenvalue weighted by atomic mass is 79.9. The van der Waals surface area contributed by atoms with Gasteiger partial charge in [0.25, 0.3) is 0 Å². The normalized spacial score (nSPS) is 21.1. The maximum Gasteiger partial charge on any atom is 0.244 e. The molecule has 2 rings (SSSR count). The molecule has 0 amide bonds. The first-order chi connectivity index (χ1) is 9.36. The molecular formula is C13H15BrClNO3S. The third-order valence-electron chi connectivity index (χ3n) is 3.49. The van der Waals surface area contributed by atoms with Gasteiger partial charge in [0.2, 0.25) is 10.0 Å². The Balaban J connectivity index is 2.33. The molecule has 1 heterocycles. The summed E-state index contributed by atoms with van der Waals surface area (Å²) in [4.78, 5) is 11.8. The molecule has 1 aromatic carbocycles. The molecule has 20 heavy (non-hydrogen) atoms. The number of ketones is 1. The van der Waals surface area contributed by atoms with Crippen molar-refractivity contribution < 1.29 is 13.2 Å². The predicted molar refractivity (Wildman–Crippen MR) is 81.3 cm³/mol. The van der Waals surface area contributed by atoms with Crippen LogP contribution >= 0.6 is 27.5 Å². The third-order valence-corrected chi connectivity index (χ3v) is 6.33. The molecule has 0 bridgehead atoms. The molecule has 1 atom stereocenters. The van der Waals surface area contributed by atoms with Crippen molar-refractivity contribution in [1.29, 1.82) is 0 Å². The number of Topliss-reactive ketones (excluding diaryl/α,β-unsaturated/α-hetero) is 1. The SMILES string of the molecule is CCC1CN(S(=O)(=O)c2ccc(Br)cc2Cl)CCC1=O. The lowest BCUT2D eigenvalue weighted by molar-refractivity contribution is -0.125. The zero-order valence-electron chi connectivity index (χ0n) is 11.0. The molecule has 1 unspecified atom stereocenters. The van der Waals surface area contributed by atoms with Gasteiger partial charge in [-0.1, -0.05) is 34.5 Å². The van der Waals surface area contributed by atoms with Gasteiger partial charge in [-0.2, -0.15) is 4.31 Å². The number of hydrogen-bond donors (Lipinski definition) is 0. The van der Waals surface area contributed by atoms with E-state index in [0.717, 1.165) is 4.47 Å². The van der Waals surface area contributed by atoms with Gasteiger partial charge in [0.15, 0.2) is 0 Å². The number of hydrogen-bond acceptors (Lipinski definition) is 3. The Labute approximate surface area is 132 Å². The van der Waals surface area contributed by atoms with Crippen molar-refractivity contribution in [3.63, 3.8) is 0 Å². The predicted octanol–water partition coefficient (Wildman–Crippen LogP) is 3.09. The molecule has 1 fully saturated rings. The van der Waals surface area contributed by atoms with Crippen molar-refractivity contribution in [2.45, 2.75) is 24.7 Å². The van der Waals surface area contributed by atoms with Crippen molar-refractivity contribution >= 4 is 43.3 Å². The summed E-state index contributed by atoms with van der Waals surface area (Å²) in [5.74, 6) is -0.0754. The molecule has 0 saturated carbocycles. The van der Waals surface area contributed by atoms with Crippen LogP contribution < -0.4 is 0 Å². The Kier molecular flexibility index (Phi) is 4.89. The summed E-state index contributed by atoms with van der Waals surface area (Å²) in [6.45, 7) is 2.36.